The molecule has 2 nitrogen and oxygen atoms in total. The van der Waals surface area contributed by atoms with Crippen LogP contribution in [0.5, 0.6) is 5.75 Å². The standard InChI is InChI=1S/C30H21NO/c31-20-28(26-15-14-23-6-1-2-8-25(23)19-26)18-22-12-16-29(17-13-22)32-21-27-10-5-9-24-7-3-4-11-30(24)27/h1-19H,21H2/b28-18-. The minimum Gasteiger partial charge on any atom is -0.489 e. The van der Waals surface area contributed by atoms with Crippen LogP contribution in [0.25, 0.3) is 33.2 Å². The van der Waals surface area contributed by atoms with Gasteiger partial charge in [-0.2, -0.15) is 5.26 Å². The van der Waals surface area contributed by atoms with Crippen molar-refractivity contribution in [2.24, 2.45) is 0 Å². The molecular formula is C30H21NO. The number of fused-ring (bicyclic) bond motifs is 2. The topological polar surface area (TPSA) is 33.0 Å². The van der Waals surface area contributed by atoms with Gasteiger partial charge in [-0.25, -0.2) is 0 Å². The lowest BCUT2D eigenvalue weighted by Gasteiger charge is -2.09. The van der Waals surface area contributed by atoms with E-state index in [0.717, 1.165) is 27.8 Å². The number of nitrogens with zero attached hydrogens (tertiary/aromatic N) is 1. The summed E-state index contributed by atoms with van der Waals surface area (Å²) in [7, 11) is 0. The van der Waals surface area contributed by atoms with Crippen LogP contribution in [0.15, 0.2) is 109 Å². The van der Waals surface area contributed by atoms with E-state index in [-0.39, 0.29) is 0 Å². The summed E-state index contributed by atoms with van der Waals surface area (Å²) in [4.78, 5) is 0. The highest BCUT2D eigenvalue weighted by Crippen LogP contribution is 2.25. The maximum absolute atomic E-state index is 9.72. The van der Waals surface area contributed by atoms with Crippen LogP contribution in [0.1, 0.15) is 16.7 Å². The quantitative estimate of drug-likeness (QED) is 0.220. The van der Waals surface area contributed by atoms with Crippen molar-refractivity contribution >= 4 is 33.2 Å². The summed E-state index contributed by atoms with van der Waals surface area (Å²) in [6.45, 7) is 0.511. The summed E-state index contributed by atoms with van der Waals surface area (Å²) >= 11 is 0. The average molecular weight is 412 g/mol. The van der Waals surface area contributed by atoms with Crippen LogP contribution in [0.4, 0.5) is 0 Å². The minimum absolute atomic E-state index is 0.511. The molecule has 0 aliphatic carbocycles. The number of rotatable bonds is 5. The Morgan fingerprint density at radius 1 is 0.719 bits per heavy atom. The molecular weight excluding hydrogens is 390 g/mol. The van der Waals surface area contributed by atoms with Crippen LogP contribution in [-0.2, 0) is 6.61 Å². The van der Waals surface area contributed by atoms with Gasteiger partial charge in [0.1, 0.15) is 12.4 Å². The Hall–Kier alpha value is -4.35. The maximum Gasteiger partial charge on any atom is 0.119 e. The van der Waals surface area contributed by atoms with E-state index in [2.05, 4.69) is 66.7 Å². The Balaban J connectivity index is 1.34. The Labute approximate surface area is 187 Å². The lowest BCUT2D eigenvalue weighted by Crippen LogP contribution is -1.96. The number of benzene rings is 5. The second-order valence-electron chi connectivity index (χ2n) is 7.73. The molecule has 5 aromatic rings. The fourth-order valence-electron chi connectivity index (χ4n) is 3.94. The van der Waals surface area contributed by atoms with Gasteiger partial charge >= 0.3 is 0 Å². The van der Waals surface area contributed by atoms with E-state index in [9.17, 15) is 5.26 Å². The molecule has 2 heteroatoms. The van der Waals surface area contributed by atoms with Crippen molar-refractivity contribution in [3.63, 3.8) is 0 Å². The Morgan fingerprint density at radius 2 is 1.44 bits per heavy atom. The van der Waals surface area contributed by atoms with Gasteiger partial charge in [0.15, 0.2) is 0 Å². The van der Waals surface area contributed by atoms with E-state index >= 15 is 0 Å². The van der Waals surface area contributed by atoms with Crippen LogP contribution >= 0.6 is 0 Å². The van der Waals surface area contributed by atoms with Crippen LogP contribution < -0.4 is 4.74 Å². The zero-order valence-corrected chi connectivity index (χ0v) is 17.5. The summed E-state index contributed by atoms with van der Waals surface area (Å²) in [6.07, 6.45) is 1.92. The lowest BCUT2D eigenvalue weighted by atomic mass is 10.0. The largest absolute Gasteiger partial charge is 0.489 e. The summed E-state index contributed by atoms with van der Waals surface area (Å²) < 4.78 is 6.03. The van der Waals surface area contributed by atoms with Gasteiger partial charge in [0.05, 0.1) is 11.6 Å². The molecule has 0 saturated heterocycles. The van der Waals surface area contributed by atoms with E-state index in [1.54, 1.807) is 0 Å². The molecule has 0 aromatic heterocycles. The maximum atomic E-state index is 9.72. The van der Waals surface area contributed by atoms with Crippen LogP contribution in [0, 0.1) is 11.3 Å². The molecule has 0 aliphatic heterocycles. The first-order valence-corrected chi connectivity index (χ1v) is 10.6. The zero-order chi connectivity index (χ0) is 21.8. The van der Waals surface area contributed by atoms with Crippen LogP contribution in [-0.4, -0.2) is 0 Å². The highest BCUT2D eigenvalue weighted by Gasteiger charge is 2.04. The van der Waals surface area contributed by atoms with Crippen LogP contribution in [0.3, 0.4) is 0 Å². The van der Waals surface area contributed by atoms with Crippen LogP contribution in [0.2, 0.25) is 0 Å². The van der Waals surface area contributed by atoms with Crippen molar-refractivity contribution < 1.29 is 4.74 Å². The fraction of sp³-hybridized carbons (Fsp3) is 0.0333. The molecule has 32 heavy (non-hydrogen) atoms. The van der Waals surface area contributed by atoms with E-state index in [1.165, 1.54) is 16.2 Å². The van der Waals surface area contributed by atoms with Crippen molar-refractivity contribution in [1.82, 2.24) is 0 Å². The van der Waals surface area contributed by atoms with Crippen molar-refractivity contribution in [3.05, 3.63) is 126 Å². The highest BCUT2D eigenvalue weighted by atomic mass is 16.5. The van der Waals surface area contributed by atoms with Gasteiger partial charge in [0.25, 0.3) is 0 Å². The molecule has 0 aliphatic rings. The second-order valence-corrected chi connectivity index (χ2v) is 7.73. The number of ether oxygens (including phenoxy) is 1. The van der Waals surface area contributed by atoms with Crippen molar-refractivity contribution in [2.45, 2.75) is 6.61 Å². The number of allylic oxidation sites excluding steroid dienone is 1. The molecule has 0 radical (unpaired) electrons. The molecule has 0 spiro atoms. The van der Waals surface area contributed by atoms with Crippen molar-refractivity contribution in [2.75, 3.05) is 0 Å². The molecule has 0 fully saturated rings. The second kappa shape index (κ2) is 8.79. The molecule has 0 bridgehead atoms. The third kappa shape index (κ3) is 4.10. The summed E-state index contributed by atoms with van der Waals surface area (Å²) in [5.74, 6) is 0.805. The van der Waals surface area contributed by atoms with Gasteiger partial charge in [-0.05, 0) is 62.5 Å². The fourth-order valence-corrected chi connectivity index (χ4v) is 3.94. The Bertz CT molecular complexity index is 1470. The average Bonchev–Trinajstić information content (AvgIpc) is 2.86. The van der Waals surface area contributed by atoms with E-state index in [4.69, 9.17) is 4.74 Å². The molecule has 0 amide bonds. The molecule has 152 valence electrons. The van der Waals surface area contributed by atoms with Gasteiger partial charge < -0.3 is 4.74 Å². The summed E-state index contributed by atoms with van der Waals surface area (Å²) in [5, 5.41) is 14.4. The molecule has 5 aromatic carbocycles. The van der Waals surface area contributed by atoms with Crippen molar-refractivity contribution in [1.29, 1.82) is 5.26 Å². The normalized spacial score (nSPS) is 11.4. The van der Waals surface area contributed by atoms with Gasteiger partial charge in [-0.15, -0.1) is 0 Å². The summed E-state index contributed by atoms with van der Waals surface area (Å²) in [6, 6.07) is 39.1. The highest BCUT2D eigenvalue weighted by molar-refractivity contribution is 5.94. The first kappa shape index (κ1) is 19.6. The van der Waals surface area contributed by atoms with E-state index < -0.39 is 0 Å². The predicted octanol–water partition coefficient (Wildman–Crippen LogP) is 7.64. The molecule has 0 N–H and O–H groups in total. The van der Waals surface area contributed by atoms with Gasteiger partial charge in [0, 0.05) is 0 Å². The summed E-state index contributed by atoms with van der Waals surface area (Å²) in [5.41, 5.74) is 3.69. The number of hydrogen-bond acceptors (Lipinski definition) is 2. The number of hydrogen-bond donors (Lipinski definition) is 0. The zero-order valence-electron chi connectivity index (χ0n) is 17.5. The van der Waals surface area contributed by atoms with Crippen molar-refractivity contribution in [3.8, 4) is 11.8 Å². The number of nitriles is 1. The SMILES string of the molecule is N#C/C(=C/c1ccc(OCc2cccc3ccccc23)cc1)c1ccc2ccccc2c1. The minimum atomic E-state index is 0.511. The molecule has 0 atom stereocenters. The van der Waals surface area contributed by atoms with Gasteiger partial charge in [-0.3, -0.25) is 0 Å². The monoisotopic (exact) mass is 411 g/mol. The molecule has 5 rings (SSSR count). The van der Waals surface area contributed by atoms with Gasteiger partial charge in [0.2, 0.25) is 0 Å². The Morgan fingerprint density at radius 3 is 2.25 bits per heavy atom. The van der Waals surface area contributed by atoms with Gasteiger partial charge in [-0.1, -0.05) is 91.0 Å². The first-order chi connectivity index (χ1) is 15.8. The molecule has 0 unspecified atom stereocenters. The Kier molecular flexibility index (Phi) is 5.39. The molecule has 0 saturated carbocycles. The first-order valence-electron chi connectivity index (χ1n) is 10.6. The smallest absolute Gasteiger partial charge is 0.119 e. The van der Waals surface area contributed by atoms with E-state index in [1.807, 2.05) is 54.6 Å². The predicted molar refractivity (Wildman–Crippen MR) is 132 cm³/mol. The third-order valence-electron chi connectivity index (χ3n) is 5.65. The molecule has 0 heterocycles. The third-order valence-corrected chi connectivity index (χ3v) is 5.65. The lowest BCUT2D eigenvalue weighted by molar-refractivity contribution is 0.307. The van der Waals surface area contributed by atoms with E-state index in [0.29, 0.717) is 12.2 Å².